The summed E-state index contributed by atoms with van der Waals surface area (Å²) in [6.07, 6.45) is 2.17. The van der Waals surface area contributed by atoms with Crippen molar-refractivity contribution in [2.75, 3.05) is 25.5 Å². The second-order valence-electron chi connectivity index (χ2n) is 6.97. The zero-order valence-electron chi connectivity index (χ0n) is 15.2. The number of benzene rings is 2. The lowest BCUT2D eigenvalue weighted by molar-refractivity contribution is 0.0706. The van der Waals surface area contributed by atoms with Crippen molar-refractivity contribution < 1.29 is 10.0 Å². The van der Waals surface area contributed by atoms with E-state index in [2.05, 4.69) is 27.9 Å². The minimum Gasteiger partial charge on any atom is -0.326 e. The molecule has 0 atom stereocenters. The van der Waals surface area contributed by atoms with Gasteiger partial charge in [0, 0.05) is 17.3 Å². The zero-order valence-corrected chi connectivity index (χ0v) is 15.2. The first-order chi connectivity index (χ1) is 13.2. The molecule has 1 aliphatic heterocycles. The third-order valence-electron chi connectivity index (χ3n) is 5.15. The molecule has 3 aromatic rings. The lowest BCUT2D eigenvalue weighted by Gasteiger charge is -2.31. The lowest BCUT2D eigenvalue weighted by atomic mass is 10.1. The normalized spacial score (nSPS) is 15.8. The first-order valence-corrected chi connectivity index (χ1v) is 9.13. The molecule has 3 N–H and O–H groups in total. The fourth-order valence-corrected chi connectivity index (χ4v) is 3.65. The maximum atomic E-state index is 11.5. The Bertz CT molecular complexity index is 943. The lowest BCUT2D eigenvalue weighted by Crippen LogP contribution is -2.31. The molecular formula is C20H23N5O2. The van der Waals surface area contributed by atoms with Crippen LogP contribution >= 0.6 is 0 Å². The minimum absolute atomic E-state index is 0.395. The molecule has 0 bridgehead atoms. The average molecular weight is 365 g/mol. The Balaban J connectivity index is 1.67. The summed E-state index contributed by atoms with van der Waals surface area (Å²) in [5.74, 6) is 0.283. The molecule has 2 heterocycles. The summed E-state index contributed by atoms with van der Waals surface area (Å²) in [6, 6.07) is 15.5. The van der Waals surface area contributed by atoms with E-state index in [1.807, 2.05) is 30.3 Å². The topological polar surface area (TPSA) is 82.4 Å². The van der Waals surface area contributed by atoms with Crippen LogP contribution in [0.3, 0.4) is 0 Å². The smallest absolute Gasteiger partial charge is 0.274 e. The standard InChI is InChI=1S/C20H23N5O2/c1-24-12-10-16(11-13-24)25-18-5-3-2-4-17(18)22-20(25)21-15-8-6-14(7-9-15)19(26)23-27/h2-9,16,27H,10-13H2,1H3,(H,21,22)(H,23,26). The van der Waals surface area contributed by atoms with E-state index < -0.39 is 5.91 Å². The van der Waals surface area contributed by atoms with Crippen LogP contribution in [-0.2, 0) is 0 Å². The third-order valence-corrected chi connectivity index (χ3v) is 5.15. The van der Waals surface area contributed by atoms with Crippen LogP contribution in [-0.4, -0.2) is 45.7 Å². The van der Waals surface area contributed by atoms with Crippen molar-refractivity contribution in [1.82, 2.24) is 19.9 Å². The van der Waals surface area contributed by atoms with E-state index in [0.717, 1.165) is 48.6 Å². The number of hydroxylamine groups is 1. The van der Waals surface area contributed by atoms with Crippen LogP contribution < -0.4 is 10.8 Å². The number of nitrogens with one attached hydrogen (secondary N) is 2. The van der Waals surface area contributed by atoms with Crippen molar-refractivity contribution in [2.24, 2.45) is 0 Å². The predicted octanol–water partition coefficient (Wildman–Crippen LogP) is 3.17. The molecular weight excluding hydrogens is 342 g/mol. The first kappa shape index (κ1) is 17.5. The van der Waals surface area contributed by atoms with Gasteiger partial charge in [-0.25, -0.2) is 10.5 Å². The van der Waals surface area contributed by atoms with Gasteiger partial charge in [0.05, 0.1) is 11.0 Å². The van der Waals surface area contributed by atoms with Crippen molar-refractivity contribution in [3.63, 3.8) is 0 Å². The molecule has 1 aliphatic rings. The summed E-state index contributed by atoms with van der Waals surface area (Å²) in [5, 5.41) is 12.1. The van der Waals surface area contributed by atoms with Gasteiger partial charge < -0.3 is 14.8 Å². The molecule has 7 heteroatoms. The Morgan fingerprint density at radius 1 is 1.11 bits per heavy atom. The van der Waals surface area contributed by atoms with Gasteiger partial charge in [0.15, 0.2) is 0 Å². The first-order valence-electron chi connectivity index (χ1n) is 9.13. The van der Waals surface area contributed by atoms with Crippen LogP contribution in [0.2, 0.25) is 0 Å². The Morgan fingerprint density at radius 3 is 2.52 bits per heavy atom. The maximum Gasteiger partial charge on any atom is 0.274 e. The largest absolute Gasteiger partial charge is 0.326 e. The highest BCUT2D eigenvalue weighted by atomic mass is 16.5. The van der Waals surface area contributed by atoms with Crippen LogP contribution in [0.1, 0.15) is 29.2 Å². The zero-order chi connectivity index (χ0) is 18.8. The molecule has 4 rings (SSSR count). The molecule has 1 aromatic heterocycles. The number of carbonyl (C=O) groups is 1. The second kappa shape index (κ2) is 7.38. The van der Waals surface area contributed by atoms with Crippen molar-refractivity contribution >= 4 is 28.6 Å². The fourth-order valence-electron chi connectivity index (χ4n) is 3.65. The predicted molar refractivity (Wildman–Crippen MR) is 104 cm³/mol. The highest BCUT2D eigenvalue weighted by molar-refractivity contribution is 5.93. The van der Waals surface area contributed by atoms with E-state index in [-0.39, 0.29) is 0 Å². The number of nitrogens with zero attached hydrogens (tertiary/aromatic N) is 3. The number of carbonyl (C=O) groups excluding carboxylic acids is 1. The van der Waals surface area contributed by atoms with E-state index in [1.54, 1.807) is 17.6 Å². The van der Waals surface area contributed by atoms with Gasteiger partial charge in [0.1, 0.15) is 0 Å². The number of hydrogen-bond donors (Lipinski definition) is 3. The van der Waals surface area contributed by atoms with Gasteiger partial charge in [0.25, 0.3) is 5.91 Å². The number of anilines is 2. The van der Waals surface area contributed by atoms with Gasteiger partial charge in [-0.2, -0.15) is 0 Å². The Hall–Kier alpha value is -2.90. The van der Waals surface area contributed by atoms with Crippen LogP contribution in [0.25, 0.3) is 11.0 Å². The molecule has 0 aliphatic carbocycles. The number of fused-ring (bicyclic) bond motifs is 1. The number of piperidine rings is 1. The number of aromatic nitrogens is 2. The van der Waals surface area contributed by atoms with E-state index in [1.165, 1.54) is 0 Å². The van der Waals surface area contributed by atoms with Crippen LogP contribution in [0.5, 0.6) is 0 Å². The third kappa shape index (κ3) is 3.51. The van der Waals surface area contributed by atoms with Crippen molar-refractivity contribution in [3.8, 4) is 0 Å². The molecule has 0 unspecified atom stereocenters. The summed E-state index contributed by atoms with van der Waals surface area (Å²) in [4.78, 5) is 18.6. The van der Waals surface area contributed by atoms with Crippen LogP contribution in [0.4, 0.5) is 11.6 Å². The molecule has 0 spiro atoms. The molecule has 7 nitrogen and oxygen atoms in total. The summed E-state index contributed by atoms with van der Waals surface area (Å²) >= 11 is 0. The van der Waals surface area contributed by atoms with Gasteiger partial charge >= 0.3 is 0 Å². The molecule has 1 amide bonds. The van der Waals surface area contributed by atoms with Gasteiger partial charge in [0.2, 0.25) is 5.95 Å². The van der Waals surface area contributed by atoms with Crippen LogP contribution in [0, 0.1) is 0 Å². The maximum absolute atomic E-state index is 11.5. The summed E-state index contributed by atoms with van der Waals surface area (Å²) in [6.45, 7) is 2.14. The molecule has 2 aromatic carbocycles. The van der Waals surface area contributed by atoms with Gasteiger partial charge in [-0.1, -0.05) is 12.1 Å². The van der Waals surface area contributed by atoms with E-state index in [0.29, 0.717) is 11.6 Å². The SMILES string of the molecule is CN1CCC(n2c(Nc3ccc(C(=O)NO)cc3)nc3ccccc32)CC1. The molecule has 140 valence electrons. The van der Waals surface area contributed by atoms with E-state index in [9.17, 15) is 4.79 Å². The van der Waals surface area contributed by atoms with Gasteiger partial charge in [-0.05, 0) is 69.4 Å². The summed E-state index contributed by atoms with van der Waals surface area (Å²) < 4.78 is 2.30. The van der Waals surface area contributed by atoms with Crippen molar-refractivity contribution in [1.29, 1.82) is 0 Å². The summed E-state index contributed by atoms with van der Waals surface area (Å²) in [5.41, 5.74) is 4.98. The highest BCUT2D eigenvalue weighted by Crippen LogP contribution is 2.32. The van der Waals surface area contributed by atoms with Crippen LogP contribution in [0.15, 0.2) is 48.5 Å². The monoisotopic (exact) mass is 365 g/mol. The number of para-hydroxylation sites is 2. The van der Waals surface area contributed by atoms with E-state index in [4.69, 9.17) is 10.2 Å². The van der Waals surface area contributed by atoms with Crippen molar-refractivity contribution in [2.45, 2.75) is 18.9 Å². The number of amides is 1. The number of rotatable bonds is 4. The Morgan fingerprint density at radius 2 is 1.81 bits per heavy atom. The molecule has 0 saturated carbocycles. The molecule has 27 heavy (non-hydrogen) atoms. The number of hydrogen-bond acceptors (Lipinski definition) is 5. The quantitative estimate of drug-likeness (QED) is 0.489. The average Bonchev–Trinajstić information content (AvgIpc) is 3.06. The number of imidazole rings is 1. The molecule has 1 saturated heterocycles. The van der Waals surface area contributed by atoms with Crippen molar-refractivity contribution in [3.05, 3.63) is 54.1 Å². The fraction of sp³-hybridized carbons (Fsp3) is 0.300. The number of likely N-dealkylation sites (tertiary alicyclic amines) is 1. The summed E-state index contributed by atoms with van der Waals surface area (Å²) in [7, 11) is 2.16. The van der Waals surface area contributed by atoms with E-state index >= 15 is 0 Å². The minimum atomic E-state index is -0.528. The molecule has 1 fully saturated rings. The Kier molecular flexibility index (Phi) is 4.79. The Labute approximate surface area is 157 Å². The van der Waals surface area contributed by atoms with Gasteiger partial charge in [-0.3, -0.25) is 10.0 Å². The second-order valence-corrected chi connectivity index (χ2v) is 6.97. The highest BCUT2D eigenvalue weighted by Gasteiger charge is 2.23. The van der Waals surface area contributed by atoms with Gasteiger partial charge in [-0.15, -0.1) is 0 Å². The molecule has 0 radical (unpaired) electrons.